The van der Waals surface area contributed by atoms with Crippen molar-refractivity contribution in [3.8, 4) is 6.07 Å². The lowest BCUT2D eigenvalue weighted by Gasteiger charge is -2.34. The molecule has 1 saturated carbocycles. The van der Waals surface area contributed by atoms with Crippen molar-refractivity contribution < 1.29 is 14.0 Å². The summed E-state index contributed by atoms with van der Waals surface area (Å²) in [5, 5.41) is 16.5. The van der Waals surface area contributed by atoms with Crippen LogP contribution in [-0.2, 0) is 4.79 Å². The van der Waals surface area contributed by atoms with Gasteiger partial charge >= 0.3 is 0 Å². The summed E-state index contributed by atoms with van der Waals surface area (Å²) in [6.45, 7) is 4.05. The number of nitriles is 1. The van der Waals surface area contributed by atoms with Gasteiger partial charge in [0.05, 0.1) is 11.8 Å². The number of carbonyl (C=O) groups excluding carboxylic acids is 2. The Hall–Kier alpha value is -1.88. The van der Waals surface area contributed by atoms with E-state index in [0.29, 0.717) is 6.42 Å². The average Bonchev–Trinajstić information content (AvgIpc) is 2.93. The van der Waals surface area contributed by atoms with E-state index in [2.05, 4.69) is 10.2 Å². The van der Waals surface area contributed by atoms with Crippen LogP contribution in [0.25, 0.3) is 0 Å². The second kappa shape index (κ2) is 10.3. The SMILES string of the molecule is CC(C)C[C@@H](C(=O)c1nnc(SCC#N)o1)N(C=O)C1CCCCCC1. The Labute approximate surface area is 158 Å². The number of Topliss-reactive ketones (excluding diaryl/α,β-unsaturated/α-hetero) is 1. The van der Waals surface area contributed by atoms with Gasteiger partial charge in [-0.05, 0) is 25.2 Å². The summed E-state index contributed by atoms with van der Waals surface area (Å²) in [4.78, 5) is 26.6. The molecule has 0 unspecified atom stereocenters. The number of ketones is 1. The second-order valence-corrected chi connectivity index (χ2v) is 7.95. The molecule has 1 atom stereocenters. The first-order chi connectivity index (χ1) is 12.6. The van der Waals surface area contributed by atoms with Crippen molar-refractivity contribution in [3.63, 3.8) is 0 Å². The molecule has 1 aromatic heterocycles. The van der Waals surface area contributed by atoms with Crippen LogP contribution in [0, 0.1) is 17.2 Å². The largest absolute Gasteiger partial charge is 0.408 e. The number of rotatable bonds is 9. The van der Waals surface area contributed by atoms with Crippen LogP contribution in [0.3, 0.4) is 0 Å². The quantitative estimate of drug-likeness (QED) is 0.281. The van der Waals surface area contributed by atoms with Crippen LogP contribution < -0.4 is 0 Å². The number of hydrogen-bond donors (Lipinski definition) is 0. The van der Waals surface area contributed by atoms with Crippen molar-refractivity contribution in [1.29, 1.82) is 5.26 Å². The van der Waals surface area contributed by atoms with E-state index in [0.717, 1.165) is 43.9 Å². The molecule has 142 valence electrons. The van der Waals surface area contributed by atoms with Gasteiger partial charge in [-0.1, -0.05) is 51.3 Å². The molecule has 0 bridgehead atoms. The van der Waals surface area contributed by atoms with Crippen molar-refractivity contribution in [2.45, 2.75) is 76.1 Å². The minimum atomic E-state index is -0.593. The molecule has 0 radical (unpaired) electrons. The van der Waals surface area contributed by atoms with Crippen LogP contribution in [0.4, 0.5) is 0 Å². The summed E-state index contributed by atoms with van der Waals surface area (Å²) in [6, 6.07) is 1.46. The van der Waals surface area contributed by atoms with Crippen LogP contribution in [-0.4, -0.2) is 45.1 Å². The molecule has 0 aromatic carbocycles. The summed E-state index contributed by atoms with van der Waals surface area (Å²) in [7, 11) is 0. The zero-order valence-corrected chi connectivity index (χ0v) is 16.2. The molecule has 1 fully saturated rings. The topological polar surface area (TPSA) is 100 Å². The summed E-state index contributed by atoms with van der Waals surface area (Å²) < 4.78 is 5.41. The molecule has 8 heteroatoms. The number of hydrogen-bond acceptors (Lipinski definition) is 7. The van der Waals surface area contributed by atoms with E-state index in [1.807, 2.05) is 19.9 Å². The lowest BCUT2D eigenvalue weighted by molar-refractivity contribution is -0.122. The first kappa shape index (κ1) is 20.4. The summed E-state index contributed by atoms with van der Waals surface area (Å²) >= 11 is 1.09. The lowest BCUT2D eigenvalue weighted by atomic mass is 9.95. The number of nitrogens with zero attached hydrogens (tertiary/aromatic N) is 4. The molecular formula is C18H26N4O3S. The molecule has 1 heterocycles. The minimum Gasteiger partial charge on any atom is -0.408 e. The molecule has 26 heavy (non-hydrogen) atoms. The van der Waals surface area contributed by atoms with Gasteiger partial charge in [0.2, 0.25) is 12.2 Å². The Morgan fingerprint density at radius 3 is 2.62 bits per heavy atom. The van der Waals surface area contributed by atoms with Crippen LogP contribution in [0.15, 0.2) is 9.64 Å². The molecular weight excluding hydrogens is 352 g/mol. The van der Waals surface area contributed by atoms with E-state index in [4.69, 9.17) is 9.68 Å². The highest BCUT2D eigenvalue weighted by Gasteiger charge is 2.34. The second-order valence-electron chi connectivity index (χ2n) is 7.03. The summed E-state index contributed by atoms with van der Waals surface area (Å²) in [6.07, 6.45) is 7.71. The Balaban J connectivity index is 2.20. The fraction of sp³-hybridized carbons (Fsp3) is 0.722. The van der Waals surface area contributed by atoms with Gasteiger partial charge in [-0.15, -0.1) is 10.2 Å². The van der Waals surface area contributed by atoms with Crippen molar-refractivity contribution in [3.05, 3.63) is 5.89 Å². The summed E-state index contributed by atoms with van der Waals surface area (Å²) in [5.41, 5.74) is 0. The molecule has 0 N–H and O–H groups in total. The van der Waals surface area contributed by atoms with E-state index in [9.17, 15) is 9.59 Å². The van der Waals surface area contributed by atoms with Gasteiger partial charge < -0.3 is 9.32 Å². The van der Waals surface area contributed by atoms with Crippen LogP contribution in [0.2, 0.25) is 0 Å². The fourth-order valence-corrected chi connectivity index (χ4v) is 3.81. The third kappa shape index (κ3) is 5.56. The van der Waals surface area contributed by atoms with Gasteiger partial charge in [0.25, 0.3) is 11.1 Å². The van der Waals surface area contributed by atoms with Gasteiger partial charge in [0.1, 0.15) is 6.04 Å². The molecule has 1 aliphatic rings. The molecule has 1 aromatic rings. The predicted molar refractivity (Wildman–Crippen MR) is 97.6 cm³/mol. The monoisotopic (exact) mass is 378 g/mol. The van der Waals surface area contributed by atoms with E-state index in [-0.39, 0.29) is 34.6 Å². The molecule has 7 nitrogen and oxygen atoms in total. The number of amides is 1. The van der Waals surface area contributed by atoms with Gasteiger partial charge in [0.15, 0.2) is 0 Å². The van der Waals surface area contributed by atoms with E-state index >= 15 is 0 Å². The van der Waals surface area contributed by atoms with Gasteiger partial charge in [-0.25, -0.2) is 0 Å². The Bertz CT molecular complexity index is 633. The Morgan fingerprint density at radius 2 is 2.04 bits per heavy atom. The van der Waals surface area contributed by atoms with Crippen LogP contribution >= 0.6 is 11.8 Å². The first-order valence-electron chi connectivity index (χ1n) is 9.17. The first-order valence-corrected chi connectivity index (χ1v) is 10.2. The van der Waals surface area contributed by atoms with E-state index < -0.39 is 6.04 Å². The fourth-order valence-electron chi connectivity index (χ4n) is 3.38. The number of carbonyl (C=O) groups is 2. The number of aromatic nitrogens is 2. The van der Waals surface area contributed by atoms with Crippen molar-refractivity contribution >= 4 is 24.0 Å². The maximum Gasteiger partial charge on any atom is 0.286 e. The van der Waals surface area contributed by atoms with Crippen molar-refractivity contribution in [2.24, 2.45) is 5.92 Å². The molecule has 1 aliphatic carbocycles. The standard InChI is InChI=1S/C18H26N4O3S/c1-13(2)11-15(22(12-23)14-7-5-3-4-6-8-14)16(24)17-20-21-18(25-17)26-10-9-19/h12-15H,3-8,10-11H2,1-2H3/t15-/m0/s1. The Kier molecular flexibility index (Phi) is 8.10. The smallest absolute Gasteiger partial charge is 0.286 e. The predicted octanol–water partition coefficient (Wildman–Crippen LogP) is 3.46. The lowest BCUT2D eigenvalue weighted by Crippen LogP contribution is -2.47. The molecule has 0 aliphatic heterocycles. The highest BCUT2D eigenvalue weighted by atomic mass is 32.2. The van der Waals surface area contributed by atoms with Crippen molar-refractivity contribution in [2.75, 3.05) is 5.75 Å². The maximum absolute atomic E-state index is 13.0. The number of thioether (sulfide) groups is 1. The third-order valence-corrected chi connectivity index (χ3v) is 5.29. The molecule has 0 spiro atoms. The highest BCUT2D eigenvalue weighted by Crippen LogP contribution is 2.26. The normalized spacial score (nSPS) is 16.7. The summed E-state index contributed by atoms with van der Waals surface area (Å²) in [5.74, 6) is 0.0174. The van der Waals surface area contributed by atoms with E-state index in [1.165, 1.54) is 12.8 Å². The zero-order valence-electron chi connectivity index (χ0n) is 15.4. The van der Waals surface area contributed by atoms with E-state index in [1.54, 1.807) is 4.90 Å². The molecule has 0 saturated heterocycles. The van der Waals surface area contributed by atoms with Gasteiger partial charge in [-0.3, -0.25) is 9.59 Å². The Morgan fingerprint density at radius 1 is 1.35 bits per heavy atom. The maximum atomic E-state index is 13.0. The molecule has 2 rings (SSSR count). The average molecular weight is 378 g/mol. The van der Waals surface area contributed by atoms with Crippen LogP contribution in [0.5, 0.6) is 0 Å². The van der Waals surface area contributed by atoms with Crippen molar-refractivity contribution in [1.82, 2.24) is 15.1 Å². The third-order valence-electron chi connectivity index (χ3n) is 4.60. The van der Waals surface area contributed by atoms with Crippen LogP contribution in [0.1, 0.15) is 69.5 Å². The highest BCUT2D eigenvalue weighted by molar-refractivity contribution is 7.99. The van der Waals surface area contributed by atoms with Gasteiger partial charge in [0, 0.05) is 6.04 Å². The molecule has 1 amide bonds. The van der Waals surface area contributed by atoms with Gasteiger partial charge in [-0.2, -0.15) is 5.26 Å². The minimum absolute atomic E-state index is 0.0815. The zero-order chi connectivity index (χ0) is 18.9.